The maximum Gasteiger partial charge on any atom is 0.252 e. The Morgan fingerprint density at radius 2 is 1.90 bits per heavy atom. The van der Waals surface area contributed by atoms with E-state index in [4.69, 9.17) is 9.84 Å². The number of hydrogen-bond donors (Lipinski definition) is 1. The van der Waals surface area contributed by atoms with Crippen LogP contribution < -0.4 is 4.74 Å². The lowest BCUT2D eigenvalue weighted by molar-refractivity contribution is 0.126. The minimum atomic E-state index is -3.92. The number of ether oxygens (including phenoxy) is 1. The van der Waals surface area contributed by atoms with Gasteiger partial charge in [-0.25, -0.2) is 17.2 Å². The molecule has 1 aromatic rings. The Labute approximate surface area is 116 Å². The van der Waals surface area contributed by atoms with Crippen molar-refractivity contribution in [2.75, 3.05) is 26.8 Å². The van der Waals surface area contributed by atoms with Crippen molar-refractivity contribution in [1.82, 2.24) is 4.31 Å². The van der Waals surface area contributed by atoms with Crippen LogP contribution in [0.5, 0.6) is 5.75 Å². The molecule has 0 heterocycles. The van der Waals surface area contributed by atoms with Gasteiger partial charge in [-0.05, 0) is 24.3 Å². The van der Waals surface area contributed by atoms with Crippen molar-refractivity contribution in [3.8, 4) is 5.75 Å². The highest BCUT2D eigenvalue weighted by atomic mass is 32.2. The molecule has 0 fully saturated rings. The van der Waals surface area contributed by atoms with Gasteiger partial charge in [0.05, 0.1) is 18.0 Å². The third-order valence-corrected chi connectivity index (χ3v) is 4.34. The van der Waals surface area contributed by atoms with Crippen LogP contribution in [0.25, 0.3) is 0 Å². The molecule has 0 unspecified atom stereocenters. The highest BCUT2D eigenvalue weighted by Gasteiger charge is 2.23. The molecule has 0 aliphatic carbocycles. The number of alkyl halides is 2. The average molecular weight is 309 g/mol. The van der Waals surface area contributed by atoms with Crippen molar-refractivity contribution >= 4 is 10.0 Å². The van der Waals surface area contributed by atoms with Crippen LogP contribution in [0.3, 0.4) is 0 Å². The minimum Gasteiger partial charge on any atom is -0.494 e. The first-order valence-corrected chi connectivity index (χ1v) is 7.40. The van der Waals surface area contributed by atoms with Gasteiger partial charge in [-0.3, -0.25) is 0 Å². The fourth-order valence-corrected chi connectivity index (χ4v) is 2.58. The van der Waals surface area contributed by atoms with Crippen molar-refractivity contribution in [3.63, 3.8) is 0 Å². The summed E-state index contributed by atoms with van der Waals surface area (Å²) in [6.07, 6.45) is -2.26. The predicted molar refractivity (Wildman–Crippen MR) is 69.5 cm³/mol. The molecule has 0 atom stereocenters. The molecule has 114 valence electrons. The van der Waals surface area contributed by atoms with Crippen molar-refractivity contribution in [2.24, 2.45) is 0 Å². The van der Waals surface area contributed by atoms with Gasteiger partial charge < -0.3 is 9.84 Å². The standard InChI is InChI=1S/C12H17F2NO4S/c1-15(9-12(13)14)20(17,18)11-5-3-10(4-6-11)19-8-2-7-16/h3-6,12,16H,2,7-9H2,1H3. The van der Waals surface area contributed by atoms with Crippen molar-refractivity contribution in [1.29, 1.82) is 0 Å². The molecule has 0 aromatic heterocycles. The van der Waals surface area contributed by atoms with Gasteiger partial charge in [0.15, 0.2) is 0 Å². The molecule has 0 spiro atoms. The van der Waals surface area contributed by atoms with Crippen LogP contribution in [0.1, 0.15) is 6.42 Å². The summed E-state index contributed by atoms with van der Waals surface area (Å²) < 4.78 is 54.2. The Kier molecular flexibility index (Phi) is 6.31. The van der Waals surface area contributed by atoms with Gasteiger partial charge in [0, 0.05) is 20.1 Å². The van der Waals surface area contributed by atoms with Gasteiger partial charge in [-0.1, -0.05) is 0 Å². The third kappa shape index (κ3) is 4.69. The summed E-state index contributed by atoms with van der Waals surface area (Å²) in [7, 11) is -2.81. The Morgan fingerprint density at radius 1 is 1.30 bits per heavy atom. The van der Waals surface area contributed by atoms with E-state index >= 15 is 0 Å². The smallest absolute Gasteiger partial charge is 0.252 e. The Balaban J connectivity index is 2.76. The van der Waals surface area contributed by atoms with E-state index in [1.54, 1.807) is 0 Å². The van der Waals surface area contributed by atoms with Crippen LogP contribution in [0.15, 0.2) is 29.2 Å². The molecule has 0 amide bonds. The first-order chi connectivity index (χ1) is 9.37. The van der Waals surface area contributed by atoms with Gasteiger partial charge >= 0.3 is 0 Å². The first kappa shape index (κ1) is 16.8. The lowest BCUT2D eigenvalue weighted by Gasteiger charge is -2.16. The maximum absolute atomic E-state index is 12.2. The first-order valence-electron chi connectivity index (χ1n) is 5.96. The molecule has 0 aliphatic heterocycles. The van der Waals surface area contributed by atoms with Crippen LogP contribution in [0.2, 0.25) is 0 Å². The maximum atomic E-state index is 12.2. The van der Waals surface area contributed by atoms with E-state index in [1.165, 1.54) is 24.3 Å². The topological polar surface area (TPSA) is 66.8 Å². The van der Waals surface area contributed by atoms with E-state index in [0.29, 0.717) is 23.1 Å². The Bertz CT molecular complexity index is 505. The van der Waals surface area contributed by atoms with Crippen LogP contribution >= 0.6 is 0 Å². The van der Waals surface area contributed by atoms with Gasteiger partial charge in [-0.15, -0.1) is 0 Å². The largest absolute Gasteiger partial charge is 0.494 e. The minimum absolute atomic E-state index is 0.00485. The Hall–Kier alpha value is -1.25. The molecule has 0 saturated carbocycles. The highest BCUT2D eigenvalue weighted by Crippen LogP contribution is 2.19. The van der Waals surface area contributed by atoms with E-state index in [0.717, 1.165) is 7.05 Å². The zero-order valence-electron chi connectivity index (χ0n) is 11.0. The normalized spacial score (nSPS) is 12.1. The summed E-state index contributed by atoms with van der Waals surface area (Å²) >= 11 is 0. The number of rotatable bonds is 8. The van der Waals surface area contributed by atoms with Gasteiger partial charge in [0.2, 0.25) is 10.0 Å². The van der Waals surface area contributed by atoms with Crippen molar-refractivity contribution < 1.29 is 27.0 Å². The molecule has 0 bridgehead atoms. The molecule has 0 saturated heterocycles. The summed E-state index contributed by atoms with van der Waals surface area (Å²) in [5, 5.41) is 8.60. The average Bonchev–Trinajstić information content (AvgIpc) is 2.39. The predicted octanol–water partition coefficient (Wildman–Crippen LogP) is 1.33. The van der Waals surface area contributed by atoms with Crippen molar-refractivity contribution in [3.05, 3.63) is 24.3 Å². The molecule has 8 heteroatoms. The molecular formula is C12H17F2NO4S. The van der Waals surface area contributed by atoms with E-state index in [9.17, 15) is 17.2 Å². The molecule has 20 heavy (non-hydrogen) atoms. The number of aliphatic hydroxyl groups is 1. The number of halogens is 2. The zero-order valence-corrected chi connectivity index (χ0v) is 11.8. The lowest BCUT2D eigenvalue weighted by atomic mass is 10.3. The van der Waals surface area contributed by atoms with Crippen molar-refractivity contribution in [2.45, 2.75) is 17.7 Å². The molecule has 0 radical (unpaired) electrons. The SMILES string of the molecule is CN(CC(F)F)S(=O)(=O)c1ccc(OCCCO)cc1. The monoisotopic (exact) mass is 309 g/mol. The van der Waals surface area contributed by atoms with E-state index < -0.39 is 23.0 Å². The number of benzene rings is 1. The number of aliphatic hydroxyl groups excluding tert-OH is 1. The van der Waals surface area contributed by atoms with Gasteiger partial charge in [-0.2, -0.15) is 4.31 Å². The molecule has 0 aliphatic rings. The number of sulfonamides is 1. The lowest BCUT2D eigenvalue weighted by Crippen LogP contribution is -2.31. The second kappa shape index (κ2) is 7.51. The fraction of sp³-hybridized carbons (Fsp3) is 0.500. The van der Waals surface area contributed by atoms with E-state index in [1.807, 2.05) is 0 Å². The van der Waals surface area contributed by atoms with E-state index in [2.05, 4.69) is 0 Å². The fourth-order valence-electron chi connectivity index (χ4n) is 1.43. The summed E-state index contributed by atoms with van der Waals surface area (Å²) in [6, 6.07) is 5.48. The highest BCUT2D eigenvalue weighted by molar-refractivity contribution is 7.89. The van der Waals surface area contributed by atoms with E-state index in [-0.39, 0.29) is 11.5 Å². The second-order valence-electron chi connectivity index (χ2n) is 4.07. The quantitative estimate of drug-likeness (QED) is 0.736. The second-order valence-corrected chi connectivity index (χ2v) is 6.12. The molecule has 1 rings (SSSR count). The van der Waals surface area contributed by atoms with Gasteiger partial charge in [0.25, 0.3) is 6.43 Å². The van der Waals surface area contributed by atoms with Crippen LogP contribution in [0.4, 0.5) is 8.78 Å². The summed E-state index contributed by atoms with van der Waals surface area (Å²) in [4.78, 5) is -0.0739. The zero-order chi connectivity index (χ0) is 15.2. The molecule has 1 N–H and O–H groups in total. The van der Waals surface area contributed by atoms with Gasteiger partial charge in [0.1, 0.15) is 5.75 Å². The number of hydrogen-bond acceptors (Lipinski definition) is 4. The molecular weight excluding hydrogens is 292 g/mol. The Morgan fingerprint density at radius 3 is 2.40 bits per heavy atom. The third-order valence-electron chi connectivity index (χ3n) is 2.50. The van der Waals surface area contributed by atoms with Crippen LogP contribution in [-0.2, 0) is 10.0 Å². The van der Waals surface area contributed by atoms with Crippen LogP contribution in [0, 0.1) is 0 Å². The molecule has 1 aromatic carbocycles. The summed E-state index contributed by atoms with van der Waals surface area (Å²) in [5.41, 5.74) is 0. The molecule has 5 nitrogen and oxygen atoms in total. The summed E-state index contributed by atoms with van der Waals surface area (Å²) in [5.74, 6) is 0.453. The summed E-state index contributed by atoms with van der Waals surface area (Å²) in [6.45, 7) is -0.532. The van der Waals surface area contributed by atoms with Crippen LogP contribution in [-0.4, -0.2) is 51.1 Å². The number of nitrogens with zero attached hydrogens (tertiary/aromatic N) is 1.